The molecule has 2 aliphatic rings. The monoisotopic (exact) mass is 507 g/mol. The number of rotatable bonds is 4. The first kappa shape index (κ1) is 25.4. The molecule has 1 aromatic carbocycles. The Morgan fingerprint density at radius 3 is 2.81 bits per heavy atom. The molecule has 0 radical (unpaired) electrons. The highest BCUT2D eigenvalue weighted by Crippen LogP contribution is 2.37. The third kappa shape index (κ3) is 5.69. The molecule has 1 spiro atoms. The zero-order chi connectivity index (χ0) is 25.7. The molecule has 2 amide bonds. The molecule has 198 valence electrons. The normalized spacial score (nSPS) is 19.1. The van der Waals surface area contributed by atoms with Gasteiger partial charge in [0.25, 0.3) is 0 Å². The molecule has 2 aromatic heterocycles. The summed E-state index contributed by atoms with van der Waals surface area (Å²) in [6.45, 7) is 6.23. The summed E-state index contributed by atoms with van der Waals surface area (Å²) in [5.41, 5.74) is 2.46. The lowest BCUT2D eigenvalue weighted by Crippen LogP contribution is -2.50. The van der Waals surface area contributed by atoms with Gasteiger partial charge in [0.15, 0.2) is 0 Å². The molecule has 0 aliphatic carbocycles. The number of piperidine rings is 1. The Bertz CT molecular complexity index is 1230. The minimum absolute atomic E-state index is 0.0915. The lowest BCUT2D eigenvalue weighted by atomic mass is 9.73. The molecule has 5 rings (SSSR count). The van der Waals surface area contributed by atoms with Crippen molar-refractivity contribution < 1.29 is 14.3 Å². The van der Waals surface area contributed by atoms with Crippen molar-refractivity contribution in [1.29, 1.82) is 0 Å². The first-order chi connectivity index (χ1) is 18.1. The van der Waals surface area contributed by atoms with E-state index in [2.05, 4.69) is 33.2 Å². The van der Waals surface area contributed by atoms with Gasteiger partial charge in [-0.1, -0.05) is 23.8 Å². The predicted octanol–water partition coefficient (Wildman–Crippen LogP) is 2.71. The van der Waals surface area contributed by atoms with E-state index < -0.39 is 5.41 Å². The second-order valence-electron chi connectivity index (χ2n) is 10.2. The van der Waals surface area contributed by atoms with Gasteiger partial charge in [0.2, 0.25) is 11.8 Å². The van der Waals surface area contributed by atoms with Crippen LogP contribution in [0.25, 0.3) is 11.0 Å². The van der Waals surface area contributed by atoms with Crippen LogP contribution in [-0.2, 0) is 40.4 Å². The van der Waals surface area contributed by atoms with Gasteiger partial charge in [-0.3, -0.25) is 14.3 Å². The summed E-state index contributed by atoms with van der Waals surface area (Å²) < 4.78 is 9.70. The standard InChI is InChI=1S/C27H37N7O3/c1-2-34-23-8-4-3-7-22(23)29-24(34)9-10-25(35)32-16-12-27(13-17-32)11-5-6-15-33-19-21(30-31-33)20-37-18-14-28-26(27)36/h3-4,7-8,19H,2,5-6,9-18,20H2,1H3,(H,28,36). The van der Waals surface area contributed by atoms with Crippen molar-refractivity contribution in [2.24, 2.45) is 5.41 Å². The molecule has 0 unspecified atom stereocenters. The summed E-state index contributed by atoms with van der Waals surface area (Å²) in [7, 11) is 0. The van der Waals surface area contributed by atoms with Gasteiger partial charge >= 0.3 is 0 Å². The zero-order valence-electron chi connectivity index (χ0n) is 21.7. The molecule has 2 bridgehead atoms. The van der Waals surface area contributed by atoms with Crippen molar-refractivity contribution in [1.82, 2.24) is 34.8 Å². The first-order valence-electron chi connectivity index (χ1n) is 13.5. The van der Waals surface area contributed by atoms with Crippen LogP contribution in [0.1, 0.15) is 57.0 Å². The number of ether oxygens (including phenoxy) is 1. The fourth-order valence-corrected chi connectivity index (χ4v) is 5.67. The number of para-hydroxylation sites is 2. The van der Waals surface area contributed by atoms with Gasteiger partial charge in [-0.05, 0) is 44.7 Å². The first-order valence-corrected chi connectivity index (χ1v) is 13.5. The van der Waals surface area contributed by atoms with Crippen LogP contribution in [-0.4, -0.2) is 67.5 Å². The van der Waals surface area contributed by atoms with Crippen LogP contribution < -0.4 is 5.32 Å². The van der Waals surface area contributed by atoms with E-state index in [9.17, 15) is 9.59 Å². The van der Waals surface area contributed by atoms with Crippen LogP contribution >= 0.6 is 0 Å². The van der Waals surface area contributed by atoms with E-state index in [4.69, 9.17) is 9.72 Å². The van der Waals surface area contributed by atoms with E-state index in [1.165, 1.54) is 0 Å². The summed E-state index contributed by atoms with van der Waals surface area (Å²) in [4.78, 5) is 33.1. The third-order valence-corrected chi connectivity index (χ3v) is 7.83. The Kier molecular flexibility index (Phi) is 7.83. The van der Waals surface area contributed by atoms with Crippen molar-refractivity contribution in [2.45, 2.75) is 71.6 Å². The number of aromatic nitrogens is 5. The second kappa shape index (κ2) is 11.4. The van der Waals surface area contributed by atoms with Crippen LogP contribution in [0.2, 0.25) is 0 Å². The average Bonchev–Trinajstić information content (AvgIpc) is 3.53. The molecule has 2 aliphatic heterocycles. The Balaban J connectivity index is 1.18. The van der Waals surface area contributed by atoms with Gasteiger partial charge in [0, 0.05) is 45.6 Å². The Labute approximate surface area is 217 Å². The van der Waals surface area contributed by atoms with Crippen LogP contribution in [0, 0.1) is 5.41 Å². The van der Waals surface area contributed by atoms with Crippen LogP contribution in [0.4, 0.5) is 0 Å². The van der Waals surface area contributed by atoms with Crippen LogP contribution in [0.3, 0.4) is 0 Å². The molecule has 0 atom stereocenters. The van der Waals surface area contributed by atoms with Gasteiger partial charge in [0.1, 0.15) is 11.5 Å². The van der Waals surface area contributed by atoms with E-state index in [0.29, 0.717) is 58.5 Å². The number of fused-ring (bicyclic) bond motifs is 3. The van der Waals surface area contributed by atoms with Crippen molar-refractivity contribution >= 4 is 22.8 Å². The number of hydrogen-bond acceptors (Lipinski definition) is 6. The maximum atomic E-state index is 13.3. The highest BCUT2D eigenvalue weighted by molar-refractivity contribution is 5.83. The highest BCUT2D eigenvalue weighted by Gasteiger charge is 2.41. The van der Waals surface area contributed by atoms with E-state index in [1.807, 2.05) is 34.0 Å². The molecular weight excluding hydrogens is 470 g/mol. The molecule has 1 fully saturated rings. The largest absolute Gasteiger partial charge is 0.373 e. The van der Waals surface area contributed by atoms with Crippen molar-refractivity contribution in [2.75, 3.05) is 26.2 Å². The van der Waals surface area contributed by atoms with E-state index in [0.717, 1.165) is 54.9 Å². The molecule has 4 heterocycles. The molecule has 1 N–H and O–H groups in total. The summed E-state index contributed by atoms with van der Waals surface area (Å²) >= 11 is 0. The lowest BCUT2D eigenvalue weighted by Gasteiger charge is -2.41. The number of benzene rings is 1. The lowest BCUT2D eigenvalue weighted by molar-refractivity contribution is -0.141. The second-order valence-corrected chi connectivity index (χ2v) is 10.2. The van der Waals surface area contributed by atoms with E-state index in [-0.39, 0.29) is 11.8 Å². The number of amides is 2. The number of likely N-dealkylation sites (tertiary alicyclic amines) is 1. The molecule has 0 saturated carbocycles. The highest BCUT2D eigenvalue weighted by atomic mass is 16.5. The summed E-state index contributed by atoms with van der Waals surface area (Å²) in [5, 5.41) is 11.4. The topological polar surface area (TPSA) is 107 Å². The van der Waals surface area contributed by atoms with Crippen molar-refractivity contribution in [3.63, 3.8) is 0 Å². The Morgan fingerprint density at radius 2 is 1.97 bits per heavy atom. The quantitative estimate of drug-likeness (QED) is 0.582. The zero-order valence-corrected chi connectivity index (χ0v) is 21.7. The van der Waals surface area contributed by atoms with Gasteiger partial charge < -0.3 is 19.5 Å². The smallest absolute Gasteiger partial charge is 0.226 e. The third-order valence-electron chi connectivity index (χ3n) is 7.83. The number of imidazole rings is 1. The fraction of sp³-hybridized carbons (Fsp3) is 0.593. The SMILES string of the molecule is CCn1c(CCC(=O)N2CCC3(CCCCn4cc(nn4)COCCNC3=O)CC2)nc2ccccc21. The number of aryl methyl sites for hydroxylation is 3. The van der Waals surface area contributed by atoms with Gasteiger partial charge in [-0.25, -0.2) is 4.98 Å². The molecule has 37 heavy (non-hydrogen) atoms. The summed E-state index contributed by atoms with van der Waals surface area (Å²) in [6.07, 6.45) is 7.02. The fourth-order valence-electron chi connectivity index (χ4n) is 5.67. The molecule has 10 nitrogen and oxygen atoms in total. The van der Waals surface area contributed by atoms with Gasteiger partial charge in [-0.2, -0.15) is 0 Å². The van der Waals surface area contributed by atoms with E-state index >= 15 is 0 Å². The molecule has 1 saturated heterocycles. The maximum Gasteiger partial charge on any atom is 0.226 e. The predicted molar refractivity (Wildman–Crippen MR) is 139 cm³/mol. The Morgan fingerprint density at radius 1 is 1.14 bits per heavy atom. The number of carbonyl (C=O) groups is 2. The number of nitrogens with one attached hydrogen (secondary N) is 1. The average molecular weight is 508 g/mol. The molecular formula is C27H37N7O3. The molecule has 10 heteroatoms. The number of carbonyl (C=O) groups excluding carboxylic acids is 2. The number of nitrogens with zero attached hydrogens (tertiary/aromatic N) is 6. The van der Waals surface area contributed by atoms with Gasteiger partial charge in [-0.15, -0.1) is 5.10 Å². The Hall–Kier alpha value is -3.27. The minimum atomic E-state index is -0.440. The minimum Gasteiger partial charge on any atom is -0.373 e. The summed E-state index contributed by atoms with van der Waals surface area (Å²) in [5.74, 6) is 1.19. The number of hydrogen-bond donors (Lipinski definition) is 1. The van der Waals surface area contributed by atoms with Crippen LogP contribution in [0.5, 0.6) is 0 Å². The van der Waals surface area contributed by atoms with E-state index in [1.54, 1.807) is 0 Å². The van der Waals surface area contributed by atoms with Crippen LogP contribution in [0.15, 0.2) is 30.5 Å². The van der Waals surface area contributed by atoms with Gasteiger partial charge in [0.05, 0.1) is 35.9 Å². The van der Waals surface area contributed by atoms with Crippen molar-refractivity contribution in [3.8, 4) is 0 Å². The maximum absolute atomic E-state index is 13.3. The molecule has 3 aromatic rings. The summed E-state index contributed by atoms with van der Waals surface area (Å²) in [6, 6.07) is 8.11. The van der Waals surface area contributed by atoms with Crippen molar-refractivity contribution in [3.05, 3.63) is 42.0 Å².